The molecular formula is C16H21NO2. The molecule has 1 N–H and O–H groups in total. The summed E-state index contributed by atoms with van der Waals surface area (Å²) in [6, 6.07) is 8.40. The Bertz CT molecular complexity index is 545. The highest BCUT2D eigenvalue weighted by atomic mass is 16.5. The van der Waals surface area contributed by atoms with Crippen LogP contribution >= 0.6 is 0 Å². The highest BCUT2D eigenvalue weighted by Gasteiger charge is 2.18. The van der Waals surface area contributed by atoms with Crippen LogP contribution in [-0.2, 0) is 0 Å². The Kier molecular flexibility index (Phi) is 4.27. The van der Waals surface area contributed by atoms with Gasteiger partial charge in [0.2, 0.25) is 0 Å². The minimum absolute atomic E-state index is 0.0823. The summed E-state index contributed by atoms with van der Waals surface area (Å²) in [7, 11) is 1.95. The quantitative estimate of drug-likeness (QED) is 0.890. The van der Waals surface area contributed by atoms with Crippen LogP contribution in [-0.4, -0.2) is 13.7 Å². The first-order chi connectivity index (χ1) is 9.15. The molecule has 1 aromatic carbocycles. The molecule has 0 amide bonds. The lowest BCUT2D eigenvalue weighted by Gasteiger charge is -2.19. The molecule has 0 saturated carbocycles. The summed E-state index contributed by atoms with van der Waals surface area (Å²) in [4.78, 5) is 0. The first kappa shape index (κ1) is 13.7. The molecule has 1 atom stereocenters. The Hall–Kier alpha value is -1.74. The van der Waals surface area contributed by atoms with Crippen LogP contribution in [0, 0.1) is 13.8 Å². The van der Waals surface area contributed by atoms with E-state index in [-0.39, 0.29) is 6.04 Å². The number of rotatable bonds is 5. The summed E-state index contributed by atoms with van der Waals surface area (Å²) in [5.41, 5.74) is 3.48. The molecule has 0 spiro atoms. The Morgan fingerprint density at radius 1 is 1.26 bits per heavy atom. The molecular weight excluding hydrogens is 238 g/mol. The van der Waals surface area contributed by atoms with Gasteiger partial charge in [0, 0.05) is 11.1 Å². The summed E-state index contributed by atoms with van der Waals surface area (Å²) in [5.74, 6) is 1.84. The van der Waals surface area contributed by atoms with Gasteiger partial charge in [-0.05, 0) is 40.0 Å². The van der Waals surface area contributed by atoms with Crippen LogP contribution in [0.1, 0.15) is 35.4 Å². The minimum atomic E-state index is 0.0823. The van der Waals surface area contributed by atoms with E-state index in [4.69, 9.17) is 9.15 Å². The maximum Gasteiger partial charge on any atom is 0.124 e. The molecule has 3 nitrogen and oxygen atoms in total. The number of hydrogen-bond acceptors (Lipinski definition) is 3. The summed E-state index contributed by atoms with van der Waals surface area (Å²) in [6.07, 6.45) is 1.80. The molecule has 1 unspecified atom stereocenters. The molecule has 0 saturated heterocycles. The predicted molar refractivity (Wildman–Crippen MR) is 76.7 cm³/mol. The van der Waals surface area contributed by atoms with Gasteiger partial charge in [-0.2, -0.15) is 0 Å². The van der Waals surface area contributed by atoms with E-state index in [1.165, 1.54) is 5.56 Å². The fraction of sp³-hybridized carbons (Fsp3) is 0.375. The van der Waals surface area contributed by atoms with Gasteiger partial charge in [-0.25, -0.2) is 0 Å². The van der Waals surface area contributed by atoms with Crippen LogP contribution in [0.15, 0.2) is 34.9 Å². The summed E-state index contributed by atoms with van der Waals surface area (Å²) in [5, 5.41) is 3.33. The maximum absolute atomic E-state index is 5.73. The van der Waals surface area contributed by atoms with E-state index in [2.05, 4.69) is 30.4 Å². The van der Waals surface area contributed by atoms with Crippen molar-refractivity contribution in [2.75, 3.05) is 13.7 Å². The Labute approximate surface area is 114 Å². The van der Waals surface area contributed by atoms with Gasteiger partial charge in [0.15, 0.2) is 0 Å². The van der Waals surface area contributed by atoms with Crippen LogP contribution < -0.4 is 10.1 Å². The van der Waals surface area contributed by atoms with Gasteiger partial charge < -0.3 is 14.5 Å². The summed E-state index contributed by atoms with van der Waals surface area (Å²) in [6.45, 7) is 6.71. The largest absolute Gasteiger partial charge is 0.494 e. The van der Waals surface area contributed by atoms with Crippen molar-refractivity contribution in [1.82, 2.24) is 5.32 Å². The van der Waals surface area contributed by atoms with Crippen molar-refractivity contribution in [2.45, 2.75) is 26.8 Å². The molecule has 0 aliphatic carbocycles. The third-order valence-corrected chi connectivity index (χ3v) is 3.15. The predicted octanol–water partition coefficient (Wildman–Crippen LogP) is 3.60. The third kappa shape index (κ3) is 2.99. The Morgan fingerprint density at radius 2 is 2.05 bits per heavy atom. The van der Waals surface area contributed by atoms with E-state index in [1.54, 1.807) is 6.26 Å². The Morgan fingerprint density at radius 3 is 2.63 bits per heavy atom. The summed E-state index contributed by atoms with van der Waals surface area (Å²) >= 11 is 0. The van der Waals surface area contributed by atoms with Crippen molar-refractivity contribution < 1.29 is 9.15 Å². The molecule has 1 heterocycles. The lowest BCUT2D eigenvalue weighted by atomic mass is 9.98. The fourth-order valence-electron chi connectivity index (χ4n) is 2.30. The van der Waals surface area contributed by atoms with Crippen molar-refractivity contribution in [3.8, 4) is 5.75 Å². The van der Waals surface area contributed by atoms with Crippen molar-refractivity contribution in [3.63, 3.8) is 0 Å². The average molecular weight is 259 g/mol. The maximum atomic E-state index is 5.73. The van der Waals surface area contributed by atoms with Crippen LogP contribution in [0.5, 0.6) is 5.75 Å². The normalized spacial score (nSPS) is 12.4. The second-order valence-corrected chi connectivity index (χ2v) is 4.69. The molecule has 3 heteroatoms. The first-order valence-corrected chi connectivity index (χ1v) is 6.61. The van der Waals surface area contributed by atoms with Crippen molar-refractivity contribution in [3.05, 3.63) is 53.0 Å². The first-order valence-electron chi connectivity index (χ1n) is 6.61. The molecule has 0 bridgehead atoms. The zero-order valence-corrected chi connectivity index (χ0v) is 12.0. The van der Waals surface area contributed by atoms with E-state index in [1.807, 2.05) is 27.0 Å². The van der Waals surface area contributed by atoms with Crippen molar-refractivity contribution >= 4 is 0 Å². The molecule has 2 aromatic rings. The summed E-state index contributed by atoms with van der Waals surface area (Å²) < 4.78 is 11.2. The zero-order chi connectivity index (χ0) is 13.8. The van der Waals surface area contributed by atoms with Gasteiger partial charge in [0.25, 0.3) is 0 Å². The molecule has 19 heavy (non-hydrogen) atoms. The van der Waals surface area contributed by atoms with E-state index < -0.39 is 0 Å². The topological polar surface area (TPSA) is 34.4 Å². The van der Waals surface area contributed by atoms with E-state index in [9.17, 15) is 0 Å². The molecule has 0 fully saturated rings. The number of aryl methyl sites for hydroxylation is 2. The van der Waals surface area contributed by atoms with Crippen LogP contribution in [0.2, 0.25) is 0 Å². The number of ether oxygens (including phenoxy) is 1. The number of benzene rings is 1. The standard InChI is InChI=1S/C16H21NO2/c1-5-18-15-7-6-11(2)8-14(15)16(17-4)13-9-12(3)19-10-13/h6-10,16-17H,5H2,1-4H3. The highest BCUT2D eigenvalue weighted by Crippen LogP contribution is 2.31. The molecule has 102 valence electrons. The molecule has 0 aliphatic heterocycles. The monoisotopic (exact) mass is 259 g/mol. The van der Waals surface area contributed by atoms with Gasteiger partial charge in [-0.15, -0.1) is 0 Å². The van der Waals surface area contributed by atoms with Crippen LogP contribution in [0.25, 0.3) is 0 Å². The van der Waals surface area contributed by atoms with Gasteiger partial charge in [-0.1, -0.05) is 17.7 Å². The molecule has 0 aliphatic rings. The van der Waals surface area contributed by atoms with Gasteiger partial charge in [0.05, 0.1) is 18.9 Å². The molecule has 2 rings (SSSR count). The Balaban J connectivity index is 2.44. The lowest BCUT2D eigenvalue weighted by Crippen LogP contribution is -2.18. The average Bonchev–Trinajstić information content (AvgIpc) is 2.80. The molecule has 0 radical (unpaired) electrons. The van der Waals surface area contributed by atoms with E-state index >= 15 is 0 Å². The molecule has 1 aromatic heterocycles. The van der Waals surface area contributed by atoms with E-state index in [0.717, 1.165) is 22.6 Å². The smallest absolute Gasteiger partial charge is 0.124 e. The van der Waals surface area contributed by atoms with Crippen LogP contribution in [0.4, 0.5) is 0 Å². The highest BCUT2D eigenvalue weighted by molar-refractivity contribution is 5.43. The van der Waals surface area contributed by atoms with Crippen molar-refractivity contribution in [2.24, 2.45) is 0 Å². The van der Waals surface area contributed by atoms with Gasteiger partial charge in [-0.3, -0.25) is 0 Å². The fourth-order valence-corrected chi connectivity index (χ4v) is 2.30. The SMILES string of the molecule is CCOc1ccc(C)cc1C(NC)c1coc(C)c1. The number of nitrogens with one attached hydrogen (secondary N) is 1. The number of furan rings is 1. The second-order valence-electron chi connectivity index (χ2n) is 4.69. The third-order valence-electron chi connectivity index (χ3n) is 3.15. The zero-order valence-electron chi connectivity index (χ0n) is 12.0. The lowest BCUT2D eigenvalue weighted by molar-refractivity contribution is 0.334. The van der Waals surface area contributed by atoms with Gasteiger partial charge >= 0.3 is 0 Å². The van der Waals surface area contributed by atoms with E-state index in [0.29, 0.717) is 6.61 Å². The second kappa shape index (κ2) is 5.93. The van der Waals surface area contributed by atoms with Crippen molar-refractivity contribution in [1.29, 1.82) is 0 Å². The van der Waals surface area contributed by atoms with Gasteiger partial charge in [0.1, 0.15) is 11.5 Å². The van der Waals surface area contributed by atoms with Crippen LogP contribution in [0.3, 0.4) is 0 Å². The number of hydrogen-bond donors (Lipinski definition) is 1. The minimum Gasteiger partial charge on any atom is -0.494 e.